The number of aryl methyl sites for hydroxylation is 1. The highest BCUT2D eigenvalue weighted by atomic mass is 35.5. The van der Waals surface area contributed by atoms with Crippen LogP contribution in [0.3, 0.4) is 0 Å². The maximum absolute atomic E-state index is 16.1. The number of hydrogen-bond acceptors (Lipinski definition) is 4. The lowest BCUT2D eigenvalue weighted by Gasteiger charge is -2.34. The molecule has 32 heavy (non-hydrogen) atoms. The second-order valence-electron chi connectivity index (χ2n) is 8.20. The van der Waals surface area contributed by atoms with Crippen LogP contribution in [0.1, 0.15) is 25.5 Å². The van der Waals surface area contributed by atoms with E-state index >= 15 is 4.39 Å². The number of hydrogen-bond donors (Lipinski definition) is 1. The third-order valence-corrected chi connectivity index (χ3v) is 5.85. The summed E-state index contributed by atoms with van der Waals surface area (Å²) in [5.74, 6) is -0.466. The standard InChI is InChI=1S/C21H17ClF4N6/c1-9-29-30-20-21(2,3)28-14-6-13(22)17(18(26)19(14)32(9)20)11-4-10(23)5-15-12(11)7-27-31(15)8-16(24)25/h4-7,16,28H,8H2,1-3H3. The molecule has 0 saturated carbocycles. The number of halogens is 5. The van der Waals surface area contributed by atoms with Gasteiger partial charge in [-0.2, -0.15) is 5.10 Å². The van der Waals surface area contributed by atoms with Gasteiger partial charge in [0.05, 0.1) is 28.0 Å². The average molecular weight is 465 g/mol. The van der Waals surface area contributed by atoms with Gasteiger partial charge in [-0.1, -0.05) is 11.6 Å². The molecule has 0 atom stereocenters. The molecule has 0 unspecified atom stereocenters. The average Bonchev–Trinajstić information content (AvgIpc) is 3.25. The lowest BCUT2D eigenvalue weighted by Crippen LogP contribution is -2.36. The Bertz CT molecular complexity index is 1390. The Balaban J connectivity index is 1.80. The molecule has 166 valence electrons. The smallest absolute Gasteiger partial charge is 0.257 e. The lowest BCUT2D eigenvalue weighted by atomic mass is 9.95. The van der Waals surface area contributed by atoms with E-state index in [1.54, 1.807) is 17.6 Å². The van der Waals surface area contributed by atoms with E-state index in [9.17, 15) is 13.2 Å². The van der Waals surface area contributed by atoms with E-state index < -0.39 is 30.1 Å². The normalized spacial score (nSPS) is 14.5. The number of benzene rings is 2. The first-order valence-corrected chi connectivity index (χ1v) is 10.1. The molecule has 6 nitrogen and oxygen atoms in total. The molecule has 5 rings (SSSR count). The zero-order valence-corrected chi connectivity index (χ0v) is 18.0. The molecule has 0 radical (unpaired) electrons. The highest BCUT2D eigenvalue weighted by Gasteiger charge is 2.37. The van der Waals surface area contributed by atoms with Gasteiger partial charge in [-0.15, -0.1) is 10.2 Å². The minimum absolute atomic E-state index is 0.0345. The summed E-state index contributed by atoms with van der Waals surface area (Å²) >= 11 is 6.49. The highest BCUT2D eigenvalue weighted by Crippen LogP contribution is 2.45. The SMILES string of the molecule is Cc1nnc2n1-c1c(cc(Cl)c(-c3cc(F)cc4c3cnn4CC(F)F)c1F)NC2(C)C. The van der Waals surface area contributed by atoms with Crippen LogP contribution in [0, 0.1) is 18.6 Å². The van der Waals surface area contributed by atoms with Crippen molar-refractivity contribution >= 4 is 28.2 Å². The van der Waals surface area contributed by atoms with E-state index in [4.69, 9.17) is 11.6 Å². The Hall–Kier alpha value is -3.14. The van der Waals surface area contributed by atoms with Crippen LogP contribution < -0.4 is 5.32 Å². The third kappa shape index (κ3) is 2.96. The van der Waals surface area contributed by atoms with Crippen LogP contribution in [0.4, 0.5) is 23.2 Å². The lowest BCUT2D eigenvalue weighted by molar-refractivity contribution is 0.123. The number of nitrogens with one attached hydrogen (secondary N) is 1. The number of fused-ring (bicyclic) bond motifs is 4. The molecule has 1 aliphatic rings. The molecule has 0 aliphatic carbocycles. The number of anilines is 1. The predicted molar refractivity (Wildman–Crippen MR) is 112 cm³/mol. The quantitative estimate of drug-likeness (QED) is 0.410. The molecular formula is C21H17ClF4N6. The maximum Gasteiger partial charge on any atom is 0.257 e. The van der Waals surface area contributed by atoms with Crippen molar-refractivity contribution in [3.05, 3.63) is 52.7 Å². The zero-order valence-electron chi connectivity index (χ0n) is 17.2. The van der Waals surface area contributed by atoms with E-state index in [0.29, 0.717) is 22.7 Å². The highest BCUT2D eigenvalue weighted by molar-refractivity contribution is 6.34. The molecule has 2 aromatic heterocycles. The van der Waals surface area contributed by atoms with Crippen LogP contribution in [0.5, 0.6) is 0 Å². The van der Waals surface area contributed by atoms with Gasteiger partial charge in [0, 0.05) is 16.5 Å². The summed E-state index contributed by atoms with van der Waals surface area (Å²) in [5.41, 5.74) is 0.105. The van der Waals surface area contributed by atoms with Crippen LogP contribution in [-0.2, 0) is 12.1 Å². The summed E-state index contributed by atoms with van der Waals surface area (Å²) in [7, 11) is 0. The van der Waals surface area contributed by atoms with Crippen molar-refractivity contribution in [2.45, 2.75) is 39.3 Å². The van der Waals surface area contributed by atoms with Crippen molar-refractivity contribution in [2.75, 3.05) is 5.32 Å². The van der Waals surface area contributed by atoms with Crippen molar-refractivity contribution in [1.29, 1.82) is 0 Å². The summed E-state index contributed by atoms with van der Waals surface area (Å²) in [6.07, 6.45) is -1.38. The number of aromatic nitrogens is 5. The van der Waals surface area contributed by atoms with Crippen molar-refractivity contribution in [3.63, 3.8) is 0 Å². The fourth-order valence-corrected chi connectivity index (χ4v) is 4.52. The van der Waals surface area contributed by atoms with Gasteiger partial charge < -0.3 is 5.32 Å². The largest absolute Gasteiger partial charge is 0.371 e. The molecule has 0 saturated heterocycles. The van der Waals surface area contributed by atoms with Crippen LogP contribution >= 0.6 is 11.6 Å². The summed E-state index contributed by atoms with van der Waals surface area (Å²) in [6, 6.07) is 3.76. The van der Waals surface area contributed by atoms with Crippen molar-refractivity contribution in [2.24, 2.45) is 0 Å². The van der Waals surface area contributed by atoms with Gasteiger partial charge in [-0.3, -0.25) is 9.25 Å². The molecule has 2 aromatic carbocycles. The fourth-order valence-electron chi connectivity index (χ4n) is 4.22. The van der Waals surface area contributed by atoms with Gasteiger partial charge in [0.25, 0.3) is 6.43 Å². The molecule has 0 spiro atoms. The zero-order chi connectivity index (χ0) is 22.9. The molecular weight excluding hydrogens is 448 g/mol. The first kappa shape index (κ1) is 20.7. The first-order valence-electron chi connectivity index (χ1n) is 9.75. The van der Waals surface area contributed by atoms with E-state index in [2.05, 4.69) is 20.6 Å². The van der Waals surface area contributed by atoms with Gasteiger partial charge in [-0.25, -0.2) is 17.6 Å². The van der Waals surface area contributed by atoms with E-state index in [-0.39, 0.29) is 27.4 Å². The van der Waals surface area contributed by atoms with E-state index in [1.165, 1.54) is 6.20 Å². The number of rotatable bonds is 3. The second kappa shape index (κ2) is 6.93. The van der Waals surface area contributed by atoms with Crippen molar-refractivity contribution in [1.82, 2.24) is 24.5 Å². The van der Waals surface area contributed by atoms with Gasteiger partial charge in [0.15, 0.2) is 11.6 Å². The Morgan fingerprint density at radius 3 is 2.62 bits per heavy atom. The number of nitrogens with zero attached hydrogens (tertiary/aromatic N) is 5. The van der Waals surface area contributed by atoms with E-state index in [0.717, 1.165) is 16.8 Å². The molecule has 1 N–H and O–H groups in total. The minimum atomic E-state index is -2.68. The predicted octanol–water partition coefficient (Wildman–Crippen LogP) is 5.45. The Labute approximate surface area is 184 Å². The minimum Gasteiger partial charge on any atom is -0.371 e. The Morgan fingerprint density at radius 1 is 1.16 bits per heavy atom. The Kier molecular flexibility index (Phi) is 4.49. The third-order valence-electron chi connectivity index (χ3n) is 5.55. The summed E-state index contributed by atoms with van der Waals surface area (Å²) < 4.78 is 59.0. The van der Waals surface area contributed by atoms with Crippen molar-refractivity contribution < 1.29 is 17.6 Å². The van der Waals surface area contributed by atoms with Crippen LogP contribution in [0.25, 0.3) is 27.7 Å². The topological polar surface area (TPSA) is 60.6 Å². The molecule has 4 aromatic rings. The summed E-state index contributed by atoms with van der Waals surface area (Å²) in [5, 5.41) is 15.8. The molecule has 1 aliphatic heterocycles. The number of alkyl halides is 2. The molecule has 0 bridgehead atoms. The van der Waals surface area contributed by atoms with Crippen LogP contribution in [0.15, 0.2) is 24.4 Å². The van der Waals surface area contributed by atoms with Crippen molar-refractivity contribution in [3.8, 4) is 16.8 Å². The maximum atomic E-state index is 16.1. The monoisotopic (exact) mass is 464 g/mol. The van der Waals surface area contributed by atoms with Crippen LogP contribution in [0.2, 0.25) is 5.02 Å². The summed E-state index contributed by atoms with van der Waals surface area (Å²) in [4.78, 5) is 0. The molecule has 0 fully saturated rings. The van der Waals surface area contributed by atoms with Gasteiger partial charge in [-0.05, 0) is 39.0 Å². The summed E-state index contributed by atoms with van der Waals surface area (Å²) in [6.45, 7) is 4.74. The van der Waals surface area contributed by atoms with Gasteiger partial charge in [0.2, 0.25) is 0 Å². The molecule has 11 heteroatoms. The van der Waals surface area contributed by atoms with Gasteiger partial charge >= 0.3 is 0 Å². The second-order valence-corrected chi connectivity index (χ2v) is 8.61. The Morgan fingerprint density at radius 2 is 1.91 bits per heavy atom. The molecule has 0 amide bonds. The fraction of sp³-hybridized carbons (Fsp3) is 0.286. The van der Waals surface area contributed by atoms with Gasteiger partial charge in [0.1, 0.15) is 23.9 Å². The first-order chi connectivity index (χ1) is 15.1. The van der Waals surface area contributed by atoms with E-state index in [1.807, 2.05) is 13.8 Å². The van der Waals surface area contributed by atoms with Crippen LogP contribution in [-0.4, -0.2) is 31.0 Å². The molecule has 3 heterocycles.